The smallest absolute Gasteiger partial charge is 0.397 e. The second-order valence-electron chi connectivity index (χ2n) is 16.4. The third-order valence-corrected chi connectivity index (χ3v) is 11.4. The molecule has 0 spiro atoms. The minimum absolute atomic E-state index is 0.0446. The van der Waals surface area contributed by atoms with E-state index in [1.807, 2.05) is 0 Å². The summed E-state index contributed by atoms with van der Waals surface area (Å²) in [4.78, 5) is 12.8. The topological polar surface area (TPSA) is 178 Å². The monoisotopic (exact) mass is 839 g/mol. The van der Waals surface area contributed by atoms with E-state index in [9.17, 15) is 28.5 Å². The fourth-order valence-corrected chi connectivity index (χ4v) is 7.95. The van der Waals surface area contributed by atoms with E-state index >= 15 is 0 Å². The Morgan fingerprint density at radius 1 is 0.596 bits per heavy atom. The summed E-state index contributed by atoms with van der Waals surface area (Å²) in [5, 5.41) is 30.6. The molecule has 340 valence electrons. The van der Waals surface area contributed by atoms with Crippen LogP contribution in [0.4, 0.5) is 0 Å². The molecule has 1 heterocycles. The Balaban J connectivity index is 2.38. The van der Waals surface area contributed by atoms with E-state index in [4.69, 9.17) is 23.5 Å². The van der Waals surface area contributed by atoms with Crippen LogP contribution in [0.15, 0.2) is 0 Å². The predicted octanol–water partition coefficient (Wildman–Crippen LogP) is 9.69. The molecule has 13 heteroatoms. The highest BCUT2D eigenvalue weighted by Gasteiger charge is 2.48. The summed E-state index contributed by atoms with van der Waals surface area (Å²) in [6.07, 6.45) is 28.5. The largest absolute Gasteiger partial charge is 0.457 e. The van der Waals surface area contributed by atoms with Gasteiger partial charge < -0.3 is 34.3 Å². The van der Waals surface area contributed by atoms with Gasteiger partial charge in [-0.25, -0.2) is 4.18 Å². The van der Waals surface area contributed by atoms with Gasteiger partial charge in [0, 0.05) is 13.0 Å². The van der Waals surface area contributed by atoms with Gasteiger partial charge in [0.1, 0.15) is 30.5 Å². The van der Waals surface area contributed by atoms with Gasteiger partial charge in [-0.05, 0) is 12.8 Å². The molecule has 4 N–H and O–H groups in total. The second-order valence-corrected chi connectivity index (χ2v) is 17.4. The lowest BCUT2D eigenvalue weighted by atomic mass is 9.99. The van der Waals surface area contributed by atoms with Crippen molar-refractivity contribution in [1.82, 2.24) is 0 Å². The third kappa shape index (κ3) is 30.7. The molecular formula is C44H86O12S. The molecule has 0 aliphatic carbocycles. The lowest BCUT2D eigenvalue weighted by Gasteiger charge is -2.41. The quantitative estimate of drug-likeness (QED) is 0.0261. The van der Waals surface area contributed by atoms with Crippen LogP contribution in [0, 0.1) is 0 Å². The second kappa shape index (κ2) is 36.9. The Morgan fingerprint density at radius 2 is 1.00 bits per heavy atom. The van der Waals surface area contributed by atoms with Crippen molar-refractivity contribution >= 4 is 16.4 Å². The summed E-state index contributed by atoms with van der Waals surface area (Å²) >= 11 is 0. The van der Waals surface area contributed by atoms with Gasteiger partial charge in [0.05, 0.1) is 19.8 Å². The van der Waals surface area contributed by atoms with Crippen LogP contribution in [-0.2, 0) is 38.3 Å². The maximum absolute atomic E-state index is 12.8. The molecule has 0 aromatic carbocycles. The molecule has 1 aliphatic rings. The van der Waals surface area contributed by atoms with Crippen LogP contribution in [0.5, 0.6) is 0 Å². The first kappa shape index (κ1) is 54.1. The molecule has 0 bridgehead atoms. The molecule has 0 amide bonds. The van der Waals surface area contributed by atoms with Gasteiger partial charge in [-0.3, -0.25) is 9.35 Å². The molecule has 1 rings (SSSR count). The first-order valence-electron chi connectivity index (χ1n) is 23.3. The Bertz CT molecular complexity index is 1020. The van der Waals surface area contributed by atoms with Gasteiger partial charge in [0.15, 0.2) is 6.29 Å². The minimum Gasteiger partial charge on any atom is -0.457 e. The molecule has 1 saturated heterocycles. The van der Waals surface area contributed by atoms with E-state index in [-0.39, 0.29) is 19.6 Å². The van der Waals surface area contributed by atoms with Crippen LogP contribution in [0.3, 0.4) is 0 Å². The van der Waals surface area contributed by atoms with Crippen molar-refractivity contribution in [1.29, 1.82) is 0 Å². The highest BCUT2D eigenvalue weighted by atomic mass is 32.3. The number of hydrogen-bond acceptors (Lipinski definition) is 11. The SMILES string of the molecule is CCCCCCCCCCCCCCCCCCCCOCC(COC1OC(CO)C(O)C(OS(=O)(=O)O)C1O)OC(=O)CCCCCCCCCCCCCC. The highest BCUT2D eigenvalue weighted by molar-refractivity contribution is 7.80. The van der Waals surface area contributed by atoms with E-state index in [2.05, 4.69) is 18.0 Å². The summed E-state index contributed by atoms with van der Waals surface area (Å²) in [6, 6.07) is 0. The van der Waals surface area contributed by atoms with Gasteiger partial charge in [-0.2, -0.15) is 8.42 Å². The molecule has 12 nitrogen and oxygen atoms in total. The van der Waals surface area contributed by atoms with E-state index in [1.165, 1.54) is 148 Å². The zero-order valence-corrected chi connectivity index (χ0v) is 37.0. The van der Waals surface area contributed by atoms with Gasteiger partial charge in [-0.1, -0.05) is 194 Å². The van der Waals surface area contributed by atoms with Crippen molar-refractivity contribution in [2.45, 2.75) is 250 Å². The summed E-state index contributed by atoms with van der Waals surface area (Å²) in [5.41, 5.74) is 0. The van der Waals surface area contributed by atoms with Crippen LogP contribution in [0.1, 0.15) is 213 Å². The fraction of sp³-hybridized carbons (Fsp3) is 0.977. The summed E-state index contributed by atoms with van der Waals surface area (Å²) < 4.78 is 59.0. The highest BCUT2D eigenvalue weighted by Crippen LogP contribution is 2.26. The number of rotatable bonds is 41. The van der Waals surface area contributed by atoms with Crippen molar-refractivity contribution in [3.05, 3.63) is 0 Å². The first-order chi connectivity index (χ1) is 27.6. The van der Waals surface area contributed by atoms with Crippen molar-refractivity contribution in [2.24, 2.45) is 0 Å². The number of ether oxygens (including phenoxy) is 4. The van der Waals surface area contributed by atoms with E-state index in [0.29, 0.717) is 13.0 Å². The number of aliphatic hydroxyl groups excluding tert-OH is 3. The van der Waals surface area contributed by atoms with E-state index < -0.39 is 59.8 Å². The molecule has 0 saturated carbocycles. The van der Waals surface area contributed by atoms with Crippen LogP contribution in [0.25, 0.3) is 0 Å². The lowest BCUT2D eigenvalue weighted by Crippen LogP contribution is -2.60. The van der Waals surface area contributed by atoms with Crippen LogP contribution in [-0.4, -0.2) is 97.5 Å². The average molecular weight is 839 g/mol. The fourth-order valence-electron chi connectivity index (χ4n) is 7.44. The van der Waals surface area contributed by atoms with Gasteiger partial charge in [-0.15, -0.1) is 0 Å². The maximum atomic E-state index is 12.8. The van der Waals surface area contributed by atoms with E-state index in [0.717, 1.165) is 38.5 Å². The molecule has 0 radical (unpaired) electrons. The zero-order valence-electron chi connectivity index (χ0n) is 36.2. The summed E-state index contributed by atoms with van der Waals surface area (Å²) in [7, 11) is -5.05. The maximum Gasteiger partial charge on any atom is 0.397 e. The Hall–Kier alpha value is -0.900. The van der Waals surface area contributed by atoms with Crippen molar-refractivity contribution in [3.8, 4) is 0 Å². The third-order valence-electron chi connectivity index (χ3n) is 11.0. The molecule has 0 aromatic heterocycles. The molecule has 1 fully saturated rings. The lowest BCUT2D eigenvalue weighted by molar-refractivity contribution is -0.301. The van der Waals surface area contributed by atoms with Crippen molar-refractivity contribution in [2.75, 3.05) is 26.4 Å². The van der Waals surface area contributed by atoms with Crippen molar-refractivity contribution < 1.29 is 56.2 Å². The number of aliphatic hydroxyl groups is 3. The van der Waals surface area contributed by atoms with Crippen LogP contribution in [0.2, 0.25) is 0 Å². The summed E-state index contributed by atoms with van der Waals surface area (Å²) in [5.74, 6) is -0.395. The van der Waals surface area contributed by atoms with E-state index in [1.54, 1.807) is 0 Å². The molecule has 6 atom stereocenters. The average Bonchev–Trinajstić information content (AvgIpc) is 3.18. The zero-order chi connectivity index (χ0) is 41.8. The number of unbranched alkanes of at least 4 members (excludes halogenated alkanes) is 28. The number of carbonyl (C=O) groups is 1. The number of carbonyl (C=O) groups excluding carboxylic acids is 1. The van der Waals surface area contributed by atoms with Gasteiger partial charge in [0.2, 0.25) is 0 Å². The molecule has 6 unspecified atom stereocenters. The molecule has 1 aliphatic heterocycles. The van der Waals surface area contributed by atoms with Crippen molar-refractivity contribution in [3.63, 3.8) is 0 Å². The number of esters is 1. The normalized spacial score (nSPS) is 20.6. The summed E-state index contributed by atoms with van der Waals surface area (Å²) in [6.45, 7) is 4.02. The Kier molecular flexibility index (Phi) is 35.0. The first-order valence-corrected chi connectivity index (χ1v) is 24.7. The van der Waals surface area contributed by atoms with Crippen LogP contribution < -0.4 is 0 Å². The predicted molar refractivity (Wildman–Crippen MR) is 225 cm³/mol. The Labute approximate surface area is 347 Å². The van der Waals surface area contributed by atoms with Gasteiger partial charge in [0.25, 0.3) is 0 Å². The number of hydrogen-bond donors (Lipinski definition) is 4. The Morgan fingerprint density at radius 3 is 1.40 bits per heavy atom. The minimum atomic E-state index is -5.05. The molecular weight excluding hydrogens is 753 g/mol. The molecule has 0 aromatic rings. The van der Waals surface area contributed by atoms with Crippen LogP contribution >= 0.6 is 0 Å². The van der Waals surface area contributed by atoms with Gasteiger partial charge >= 0.3 is 16.4 Å². The molecule has 57 heavy (non-hydrogen) atoms. The standard InChI is InChI=1S/C44H86O12S/c1-3-5-7-9-11-13-15-17-18-19-20-21-22-24-26-28-30-32-34-52-36-38(54-40(46)33-31-29-27-25-23-16-14-12-10-8-6-4-2)37-53-44-42(48)43(56-57(49,50)51)41(47)39(35-45)55-44/h38-39,41-45,47-48H,3-37H2,1-2H3,(H,49,50,51).